The van der Waals surface area contributed by atoms with Crippen LogP contribution in [0.5, 0.6) is 0 Å². The van der Waals surface area contributed by atoms with Crippen molar-refractivity contribution in [3.8, 4) is 6.07 Å². The molecule has 4 rings (SSSR count). The lowest BCUT2D eigenvalue weighted by Crippen LogP contribution is -2.38. The molecule has 0 saturated carbocycles. The van der Waals surface area contributed by atoms with Crippen molar-refractivity contribution in [2.24, 2.45) is 5.92 Å². The number of aliphatic hydroxyl groups is 1. The van der Waals surface area contributed by atoms with Gasteiger partial charge in [0.05, 0.1) is 42.2 Å². The van der Waals surface area contributed by atoms with Gasteiger partial charge in [0.2, 0.25) is 15.8 Å². The van der Waals surface area contributed by atoms with Gasteiger partial charge in [0.1, 0.15) is 12.4 Å². The number of benzene rings is 1. The third-order valence-corrected chi connectivity index (χ3v) is 7.32. The highest BCUT2D eigenvalue weighted by molar-refractivity contribution is 7.93. The molecule has 1 aromatic carbocycles. The maximum absolute atomic E-state index is 12.8. The summed E-state index contributed by atoms with van der Waals surface area (Å²) < 4.78 is 37.6. The van der Waals surface area contributed by atoms with Crippen LogP contribution in [0, 0.1) is 17.2 Å². The minimum atomic E-state index is -3.72. The van der Waals surface area contributed by atoms with Gasteiger partial charge in [-0.1, -0.05) is 6.07 Å². The van der Waals surface area contributed by atoms with Crippen molar-refractivity contribution in [1.82, 2.24) is 0 Å². The average Bonchev–Trinajstić information content (AvgIpc) is 3.38. The summed E-state index contributed by atoms with van der Waals surface area (Å²) in [6.07, 6.45) is 0.713. The Kier molecular flexibility index (Phi) is 5.27. The monoisotopic (exact) mass is 432 g/mol. The van der Waals surface area contributed by atoms with Crippen molar-refractivity contribution in [3.05, 3.63) is 53.0 Å². The first-order valence-corrected chi connectivity index (χ1v) is 11.0. The highest BCUT2D eigenvalue weighted by atomic mass is 32.2. The summed E-state index contributed by atoms with van der Waals surface area (Å²) in [6, 6.07) is 9.23. The van der Waals surface area contributed by atoms with Crippen molar-refractivity contribution >= 4 is 21.7 Å². The van der Waals surface area contributed by atoms with Gasteiger partial charge in [-0.2, -0.15) is 5.26 Å². The zero-order valence-corrected chi connectivity index (χ0v) is 16.7. The van der Waals surface area contributed by atoms with Crippen LogP contribution in [-0.2, 0) is 27.8 Å². The number of carbonyl (C=O) groups is 1. The maximum atomic E-state index is 12.8. The molecule has 9 nitrogen and oxygen atoms in total. The van der Waals surface area contributed by atoms with Crippen molar-refractivity contribution in [1.29, 1.82) is 5.26 Å². The number of hydrogen-bond acceptors (Lipinski definition) is 7. The van der Waals surface area contributed by atoms with Gasteiger partial charge in [0.25, 0.3) is 0 Å². The molecule has 10 heteroatoms. The molecule has 2 aromatic rings. The standard InChI is InChI=1S/C20H20N2O7S/c21-8-13-11-30(26,27)22(14-2-4-16-12(7-14)1-5-18(16)23)17(13)10-28-9-15-3-6-19(29-15)20(24)25/h2-4,6-7,13,17-18,23H,1,5,9-11H2,(H,24,25). The van der Waals surface area contributed by atoms with Crippen LogP contribution in [0.3, 0.4) is 0 Å². The first-order chi connectivity index (χ1) is 14.3. The third kappa shape index (κ3) is 3.67. The van der Waals surface area contributed by atoms with Crippen LogP contribution in [0.4, 0.5) is 5.69 Å². The molecule has 1 aliphatic heterocycles. The molecule has 0 radical (unpaired) electrons. The highest BCUT2D eigenvalue weighted by Crippen LogP contribution is 2.38. The third-order valence-electron chi connectivity index (χ3n) is 5.45. The van der Waals surface area contributed by atoms with E-state index in [1.165, 1.54) is 16.4 Å². The number of sulfonamides is 1. The molecule has 0 bridgehead atoms. The van der Waals surface area contributed by atoms with Gasteiger partial charge < -0.3 is 19.4 Å². The number of carboxylic acid groups (broad SMARTS) is 1. The van der Waals surface area contributed by atoms with E-state index >= 15 is 0 Å². The number of carboxylic acids is 1. The number of rotatable bonds is 6. The first kappa shape index (κ1) is 20.4. The van der Waals surface area contributed by atoms with E-state index in [1.807, 2.05) is 0 Å². The molecule has 3 unspecified atom stereocenters. The normalized spacial score (nSPS) is 24.5. The second-order valence-electron chi connectivity index (χ2n) is 7.40. The van der Waals surface area contributed by atoms with Crippen molar-refractivity contribution in [2.75, 3.05) is 16.7 Å². The number of fused-ring (bicyclic) bond motifs is 1. The molecule has 158 valence electrons. The fraction of sp³-hybridized carbons (Fsp3) is 0.400. The van der Waals surface area contributed by atoms with Crippen molar-refractivity contribution in [2.45, 2.75) is 31.6 Å². The Morgan fingerprint density at radius 2 is 2.13 bits per heavy atom. The summed E-state index contributed by atoms with van der Waals surface area (Å²) in [7, 11) is -3.72. The summed E-state index contributed by atoms with van der Waals surface area (Å²) in [5, 5.41) is 28.4. The molecule has 0 amide bonds. The smallest absolute Gasteiger partial charge is 0.371 e. The summed E-state index contributed by atoms with van der Waals surface area (Å²) in [5.74, 6) is -2.20. The molecule has 3 atom stereocenters. The van der Waals surface area contributed by atoms with Gasteiger partial charge in [-0.3, -0.25) is 4.31 Å². The van der Waals surface area contributed by atoms with Crippen LogP contribution in [-0.4, -0.2) is 43.0 Å². The molecule has 1 aliphatic carbocycles. The number of nitriles is 1. The number of anilines is 1. The van der Waals surface area contributed by atoms with E-state index in [0.29, 0.717) is 24.3 Å². The summed E-state index contributed by atoms with van der Waals surface area (Å²) in [4.78, 5) is 10.9. The molecule has 1 saturated heterocycles. The summed E-state index contributed by atoms with van der Waals surface area (Å²) in [5.41, 5.74) is 2.14. The number of hydrogen-bond donors (Lipinski definition) is 2. The van der Waals surface area contributed by atoms with Crippen molar-refractivity contribution < 1.29 is 32.6 Å². The quantitative estimate of drug-likeness (QED) is 0.704. The van der Waals surface area contributed by atoms with Gasteiger partial charge in [-0.15, -0.1) is 0 Å². The molecule has 30 heavy (non-hydrogen) atoms. The molecular weight excluding hydrogens is 412 g/mol. The predicted molar refractivity (Wildman–Crippen MR) is 104 cm³/mol. The van der Waals surface area contributed by atoms with Crippen LogP contribution in [0.25, 0.3) is 0 Å². The number of furan rings is 1. The molecule has 2 aliphatic rings. The van der Waals surface area contributed by atoms with Crippen molar-refractivity contribution in [3.63, 3.8) is 0 Å². The maximum Gasteiger partial charge on any atom is 0.371 e. The molecule has 2 N–H and O–H groups in total. The molecule has 0 spiro atoms. The molecule has 1 aromatic heterocycles. The Morgan fingerprint density at radius 1 is 1.33 bits per heavy atom. The SMILES string of the molecule is N#CC1CS(=O)(=O)N(c2ccc3c(c2)CCC3O)C1COCc1ccc(C(=O)O)o1. The second-order valence-corrected chi connectivity index (χ2v) is 9.29. The number of ether oxygens (including phenoxy) is 1. The van der Waals surface area contributed by atoms with Crippen LogP contribution in [0.15, 0.2) is 34.7 Å². The van der Waals surface area contributed by atoms with E-state index in [2.05, 4.69) is 6.07 Å². The van der Waals surface area contributed by atoms with Gasteiger partial charge in [0.15, 0.2) is 0 Å². The Morgan fingerprint density at radius 3 is 2.83 bits per heavy atom. The molecule has 1 fully saturated rings. The van der Waals surface area contributed by atoms with Gasteiger partial charge in [-0.25, -0.2) is 13.2 Å². The number of aliphatic hydroxyl groups excluding tert-OH is 1. The zero-order chi connectivity index (χ0) is 21.5. The average molecular weight is 432 g/mol. The summed E-state index contributed by atoms with van der Waals surface area (Å²) in [6.45, 7) is -0.105. The predicted octanol–water partition coefficient (Wildman–Crippen LogP) is 1.83. The van der Waals surface area contributed by atoms with Crippen LogP contribution < -0.4 is 4.31 Å². The van der Waals surface area contributed by atoms with Crippen LogP contribution in [0.2, 0.25) is 0 Å². The topological polar surface area (TPSA) is 141 Å². The van der Waals surface area contributed by atoms with E-state index < -0.39 is 34.1 Å². The second kappa shape index (κ2) is 7.75. The van der Waals surface area contributed by atoms with E-state index in [9.17, 15) is 23.6 Å². The number of aryl methyl sites for hydroxylation is 1. The zero-order valence-electron chi connectivity index (χ0n) is 15.9. The Bertz CT molecular complexity index is 1120. The van der Waals surface area contributed by atoms with E-state index in [-0.39, 0.29) is 24.7 Å². The number of aromatic carboxylic acids is 1. The van der Waals surface area contributed by atoms with E-state index in [4.69, 9.17) is 14.3 Å². The lowest BCUT2D eigenvalue weighted by atomic mass is 10.0. The summed E-state index contributed by atoms with van der Waals surface area (Å²) >= 11 is 0. The van der Waals surface area contributed by atoms with Crippen LogP contribution in [0.1, 0.15) is 40.0 Å². The van der Waals surface area contributed by atoms with Gasteiger partial charge in [-0.05, 0) is 48.2 Å². The number of nitrogens with zero attached hydrogens (tertiary/aromatic N) is 2. The molecular formula is C20H20N2O7S. The Hall–Kier alpha value is -2.87. The highest BCUT2D eigenvalue weighted by Gasteiger charge is 2.45. The van der Waals surface area contributed by atoms with Gasteiger partial charge in [0, 0.05) is 0 Å². The van der Waals surface area contributed by atoms with E-state index in [0.717, 1.165) is 11.1 Å². The lowest BCUT2D eigenvalue weighted by Gasteiger charge is -2.26. The fourth-order valence-electron chi connectivity index (χ4n) is 4.02. The van der Waals surface area contributed by atoms with E-state index in [1.54, 1.807) is 18.2 Å². The van der Waals surface area contributed by atoms with Crippen LogP contribution >= 0.6 is 0 Å². The minimum Gasteiger partial charge on any atom is -0.475 e. The Labute approximate surface area is 173 Å². The van der Waals surface area contributed by atoms with Gasteiger partial charge >= 0.3 is 5.97 Å². The minimum absolute atomic E-state index is 0.0494. The fourth-order valence-corrected chi connectivity index (χ4v) is 5.98. The lowest BCUT2D eigenvalue weighted by molar-refractivity contribution is 0.0641. The molecule has 2 heterocycles. The largest absolute Gasteiger partial charge is 0.475 e. The Balaban J connectivity index is 1.54. The first-order valence-electron chi connectivity index (χ1n) is 9.42.